The Bertz CT molecular complexity index is 388. The molecular formula is C14H20O2. The average Bonchev–Trinajstić information content (AvgIpc) is 2.39. The molecule has 0 aromatic carbocycles. The van der Waals surface area contributed by atoms with Crippen molar-refractivity contribution >= 4 is 5.78 Å². The number of hydrogen-bond acceptors (Lipinski definition) is 2. The van der Waals surface area contributed by atoms with E-state index in [4.69, 9.17) is 4.74 Å². The maximum Gasteiger partial charge on any atom is 0.148 e. The molecule has 0 N–H and O–H groups in total. The van der Waals surface area contributed by atoms with Crippen LogP contribution in [0.4, 0.5) is 0 Å². The van der Waals surface area contributed by atoms with Gasteiger partial charge in [0.05, 0.1) is 18.8 Å². The second-order valence-corrected chi connectivity index (χ2v) is 5.57. The van der Waals surface area contributed by atoms with Gasteiger partial charge in [0.1, 0.15) is 5.78 Å². The van der Waals surface area contributed by atoms with Crippen LogP contribution in [0.5, 0.6) is 0 Å². The Labute approximate surface area is 97.4 Å². The van der Waals surface area contributed by atoms with Crippen LogP contribution in [0, 0.1) is 10.8 Å². The Hall–Kier alpha value is -1.05. The molecular weight excluding hydrogens is 200 g/mol. The van der Waals surface area contributed by atoms with E-state index in [0.717, 1.165) is 24.8 Å². The molecule has 0 saturated heterocycles. The summed E-state index contributed by atoms with van der Waals surface area (Å²) < 4.78 is 5.13. The van der Waals surface area contributed by atoms with E-state index < -0.39 is 0 Å². The highest BCUT2D eigenvalue weighted by molar-refractivity contribution is 5.99. The van der Waals surface area contributed by atoms with E-state index in [9.17, 15) is 4.79 Å². The smallest absolute Gasteiger partial charge is 0.148 e. The molecule has 2 nitrogen and oxygen atoms in total. The second kappa shape index (κ2) is 3.47. The minimum atomic E-state index is -0.345. The van der Waals surface area contributed by atoms with Crippen molar-refractivity contribution in [2.45, 2.75) is 40.0 Å². The van der Waals surface area contributed by atoms with Gasteiger partial charge in [0, 0.05) is 6.42 Å². The van der Waals surface area contributed by atoms with Gasteiger partial charge in [-0.05, 0) is 37.7 Å². The third kappa shape index (κ3) is 1.22. The van der Waals surface area contributed by atoms with Gasteiger partial charge in [-0.25, -0.2) is 0 Å². The van der Waals surface area contributed by atoms with Crippen LogP contribution >= 0.6 is 0 Å². The summed E-state index contributed by atoms with van der Waals surface area (Å²) in [4.78, 5) is 12.1. The van der Waals surface area contributed by atoms with Gasteiger partial charge < -0.3 is 4.74 Å². The maximum atomic E-state index is 12.1. The van der Waals surface area contributed by atoms with E-state index in [1.165, 1.54) is 5.57 Å². The van der Waals surface area contributed by atoms with E-state index >= 15 is 0 Å². The topological polar surface area (TPSA) is 26.3 Å². The molecule has 0 bridgehead atoms. The number of carbonyl (C=O) groups is 1. The van der Waals surface area contributed by atoms with E-state index in [-0.39, 0.29) is 10.8 Å². The first-order valence-electron chi connectivity index (χ1n) is 5.88. The molecule has 0 unspecified atom stereocenters. The molecule has 0 spiro atoms. The fourth-order valence-electron chi connectivity index (χ4n) is 3.40. The minimum absolute atomic E-state index is 0.131. The van der Waals surface area contributed by atoms with Crippen molar-refractivity contribution in [2.75, 3.05) is 7.11 Å². The third-order valence-corrected chi connectivity index (χ3v) is 4.16. The predicted molar refractivity (Wildman–Crippen MR) is 63.9 cm³/mol. The summed E-state index contributed by atoms with van der Waals surface area (Å²) in [5.74, 6) is 0.358. The van der Waals surface area contributed by atoms with E-state index in [2.05, 4.69) is 26.8 Å². The summed E-state index contributed by atoms with van der Waals surface area (Å²) in [7, 11) is 1.65. The van der Waals surface area contributed by atoms with Gasteiger partial charge in [-0.3, -0.25) is 4.79 Å². The van der Waals surface area contributed by atoms with E-state index in [1.54, 1.807) is 13.4 Å². The SMILES string of the molecule is CO/C=C1\CC[C@@]2(C)CC(=O)[C@@]12C=C(C)C. The highest BCUT2D eigenvalue weighted by atomic mass is 16.5. The molecule has 2 aliphatic rings. The number of methoxy groups -OCH3 is 1. The zero-order valence-electron chi connectivity index (χ0n) is 10.6. The molecule has 0 aliphatic heterocycles. The van der Waals surface area contributed by atoms with Gasteiger partial charge in [0.2, 0.25) is 0 Å². The molecule has 88 valence electrons. The molecule has 0 aromatic rings. The van der Waals surface area contributed by atoms with E-state index in [0.29, 0.717) is 5.78 Å². The first-order valence-corrected chi connectivity index (χ1v) is 5.88. The van der Waals surface area contributed by atoms with Crippen LogP contribution in [0.25, 0.3) is 0 Å². The van der Waals surface area contributed by atoms with Gasteiger partial charge in [0.15, 0.2) is 0 Å². The molecule has 0 amide bonds. The number of Topliss-reactive ketones (excluding diaryl/α,β-unsaturated/α-hetero) is 1. The molecule has 2 heteroatoms. The molecule has 0 radical (unpaired) electrons. The van der Waals surface area contributed by atoms with Crippen molar-refractivity contribution in [3.8, 4) is 0 Å². The number of ether oxygens (including phenoxy) is 1. The van der Waals surface area contributed by atoms with Crippen molar-refractivity contribution in [3.63, 3.8) is 0 Å². The van der Waals surface area contributed by atoms with Crippen LogP contribution in [0.3, 0.4) is 0 Å². The summed E-state index contributed by atoms with van der Waals surface area (Å²) in [5, 5.41) is 0. The molecule has 2 aliphatic carbocycles. The number of rotatable bonds is 2. The van der Waals surface area contributed by atoms with Gasteiger partial charge in [-0.2, -0.15) is 0 Å². The third-order valence-electron chi connectivity index (χ3n) is 4.16. The molecule has 0 aromatic heterocycles. The zero-order valence-corrected chi connectivity index (χ0v) is 10.6. The van der Waals surface area contributed by atoms with Gasteiger partial charge in [-0.1, -0.05) is 18.6 Å². The lowest BCUT2D eigenvalue weighted by Gasteiger charge is -2.51. The monoisotopic (exact) mass is 220 g/mol. The lowest BCUT2D eigenvalue weighted by molar-refractivity contribution is -0.144. The van der Waals surface area contributed by atoms with Crippen molar-refractivity contribution in [1.29, 1.82) is 0 Å². The fourth-order valence-corrected chi connectivity index (χ4v) is 3.40. The minimum Gasteiger partial charge on any atom is -0.504 e. The quantitative estimate of drug-likeness (QED) is 0.527. The van der Waals surface area contributed by atoms with Crippen LogP contribution in [-0.2, 0) is 9.53 Å². The Morgan fingerprint density at radius 2 is 2.12 bits per heavy atom. The summed E-state index contributed by atoms with van der Waals surface area (Å²) in [5.41, 5.74) is 2.16. The van der Waals surface area contributed by atoms with Crippen molar-refractivity contribution in [2.24, 2.45) is 10.8 Å². The normalized spacial score (nSPS) is 39.2. The summed E-state index contributed by atoms with van der Waals surface area (Å²) in [6, 6.07) is 0. The number of carbonyl (C=O) groups excluding carboxylic acids is 1. The number of ketones is 1. The lowest BCUT2D eigenvalue weighted by atomic mass is 9.50. The van der Waals surface area contributed by atoms with Crippen molar-refractivity contribution < 1.29 is 9.53 Å². The summed E-state index contributed by atoms with van der Waals surface area (Å²) in [6.07, 6.45) is 6.73. The predicted octanol–water partition coefficient (Wildman–Crippen LogP) is 3.24. The summed E-state index contributed by atoms with van der Waals surface area (Å²) in [6.45, 7) is 6.34. The average molecular weight is 220 g/mol. The van der Waals surface area contributed by atoms with Crippen LogP contribution in [-0.4, -0.2) is 12.9 Å². The first kappa shape index (κ1) is 11.4. The van der Waals surface area contributed by atoms with Crippen LogP contribution < -0.4 is 0 Å². The largest absolute Gasteiger partial charge is 0.504 e. The Morgan fingerprint density at radius 3 is 2.62 bits per heavy atom. The van der Waals surface area contributed by atoms with Gasteiger partial charge in [-0.15, -0.1) is 0 Å². The van der Waals surface area contributed by atoms with Gasteiger partial charge >= 0.3 is 0 Å². The van der Waals surface area contributed by atoms with Crippen molar-refractivity contribution in [3.05, 3.63) is 23.5 Å². The number of allylic oxidation sites excluding steroid dienone is 3. The maximum absolute atomic E-state index is 12.1. The van der Waals surface area contributed by atoms with Gasteiger partial charge in [0.25, 0.3) is 0 Å². The highest BCUT2D eigenvalue weighted by Gasteiger charge is 2.66. The summed E-state index contributed by atoms with van der Waals surface area (Å²) >= 11 is 0. The Morgan fingerprint density at radius 1 is 1.44 bits per heavy atom. The molecule has 2 fully saturated rings. The number of fused-ring (bicyclic) bond motifs is 1. The number of hydrogen-bond donors (Lipinski definition) is 0. The molecule has 2 rings (SSSR count). The molecule has 2 atom stereocenters. The lowest BCUT2D eigenvalue weighted by Crippen LogP contribution is -2.53. The van der Waals surface area contributed by atoms with Crippen LogP contribution in [0.1, 0.15) is 40.0 Å². The first-order chi connectivity index (χ1) is 7.46. The standard InChI is InChI=1S/C14H20O2/c1-10(2)7-14-11(9-16-4)5-6-13(14,3)8-12(14)15/h7,9H,5-6,8H2,1-4H3/b11-9+/t13-,14+/m0/s1. The molecule has 0 heterocycles. The highest BCUT2D eigenvalue weighted by Crippen LogP contribution is 2.67. The van der Waals surface area contributed by atoms with E-state index in [1.807, 2.05) is 0 Å². The zero-order chi connectivity index (χ0) is 12.0. The second-order valence-electron chi connectivity index (χ2n) is 5.57. The van der Waals surface area contributed by atoms with Crippen molar-refractivity contribution in [1.82, 2.24) is 0 Å². The fraction of sp³-hybridized carbons (Fsp3) is 0.643. The van der Waals surface area contributed by atoms with Crippen LogP contribution in [0.15, 0.2) is 23.5 Å². The Balaban J connectivity index is 2.51. The molecule has 16 heavy (non-hydrogen) atoms. The Kier molecular flexibility index (Phi) is 2.48. The van der Waals surface area contributed by atoms with Crippen LogP contribution in [0.2, 0.25) is 0 Å². The molecule has 2 saturated carbocycles.